The number of likely N-dealkylation sites (N-methyl/N-ethyl adjacent to an activating group) is 1. The van der Waals surface area contributed by atoms with Crippen LogP contribution in [0.3, 0.4) is 0 Å². The van der Waals surface area contributed by atoms with Gasteiger partial charge in [0.15, 0.2) is 0 Å². The van der Waals surface area contributed by atoms with Crippen LogP contribution in [0, 0.1) is 0 Å². The minimum Gasteiger partial charge on any atom is -0.391 e. The van der Waals surface area contributed by atoms with Gasteiger partial charge < -0.3 is 10.0 Å². The van der Waals surface area contributed by atoms with Gasteiger partial charge in [0.2, 0.25) is 5.91 Å². The van der Waals surface area contributed by atoms with Crippen molar-refractivity contribution in [1.29, 1.82) is 0 Å². The summed E-state index contributed by atoms with van der Waals surface area (Å²) in [5, 5.41) is 9.83. The van der Waals surface area contributed by atoms with Crippen LogP contribution in [-0.4, -0.2) is 39.9 Å². The van der Waals surface area contributed by atoms with Crippen LogP contribution in [0.15, 0.2) is 0 Å². The van der Waals surface area contributed by atoms with Gasteiger partial charge in [-0.1, -0.05) is 35.7 Å². The van der Waals surface area contributed by atoms with Crippen molar-refractivity contribution in [3.8, 4) is 0 Å². The summed E-state index contributed by atoms with van der Waals surface area (Å²) >= 11 is 3.36. The predicted octanol–water partition coefficient (Wildman–Crippen LogP) is 1.92. The highest BCUT2D eigenvalue weighted by atomic mass is 79.9. The normalized spacial score (nSPS) is 28.5. The fourth-order valence-electron chi connectivity index (χ4n) is 2.10. The van der Waals surface area contributed by atoms with Crippen molar-refractivity contribution in [3.63, 3.8) is 0 Å². The first kappa shape index (κ1) is 13.0. The lowest BCUT2D eigenvalue weighted by Gasteiger charge is -2.36. The number of carbonyl (C=O) groups is 1. The molecule has 0 heterocycles. The molecule has 0 aliphatic heterocycles. The Labute approximate surface area is 100.0 Å². The van der Waals surface area contributed by atoms with Crippen molar-refractivity contribution in [2.45, 2.75) is 56.0 Å². The Balaban J connectivity index is 2.57. The SMILES string of the molecule is CCC(Br)C(=O)N(C)C1CCCCC1O. The van der Waals surface area contributed by atoms with E-state index in [1.807, 2.05) is 6.92 Å². The average Bonchev–Trinajstić information content (AvgIpc) is 2.26. The number of aliphatic hydroxyl groups excluding tert-OH is 1. The van der Waals surface area contributed by atoms with Crippen molar-refractivity contribution in [1.82, 2.24) is 4.90 Å². The number of nitrogens with zero attached hydrogens (tertiary/aromatic N) is 1. The van der Waals surface area contributed by atoms with E-state index in [4.69, 9.17) is 0 Å². The molecule has 1 saturated carbocycles. The van der Waals surface area contributed by atoms with E-state index in [9.17, 15) is 9.90 Å². The molecule has 1 rings (SSSR count). The Bertz CT molecular complexity index is 223. The molecule has 1 aliphatic carbocycles. The summed E-state index contributed by atoms with van der Waals surface area (Å²) in [6.45, 7) is 1.97. The standard InChI is InChI=1S/C11H20BrNO2/c1-3-8(12)11(15)13(2)9-6-4-5-7-10(9)14/h8-10,14H,3-7H2,1-2H3. The summed E-state index contributed by atoms with van der Waals surface area (Å²) in [6.07, 6.45) is 4.37. The maximum absolute atomic E-state index is 11.9. The van der Waals surface area contributed by atoms with Gasteiger partial charge >= 0.3 is 0 Å². The van der Waals surface area contributed by atoms with Crippen molar-refractivity contribution < 1.29 is 9.90 Å². The first-order chi connectivity index (χ1) is 7.07. The zero-order chi connectivity index (χ0) is 11.4. The highest BCUT2D eigenvalue weighted by Gasteiger charge is 2.31. The molecule has 4 heteroatoms. The van der Waals surface area contributed by atoms with Crippen molar-refractivity contribution in [3.05, 3.63) is 0 Å². The second-order valence-corrected chi connectivity index (χ2v) is 5.35. The van der Waals surface area contributed by atoms with E-state index in [-0.39, 0.29) is 22.9 Å². The van der Waals surface area contributed by atoms with Gasteiger partial charge in [-0.2, -0.15) is 0 Å². The number of hydrogen-bond acceptors (Lipinski definition) is 2. The summed E-state index contributed by atoms with van der Waals surface area (Å²) in [5.74, 6) is 0.0865. The van der Waals surface area contributed by atoms with E-state index < -0.39 is 0 Å². The van der Waals surface area contributed by atoms with Gasteiger partial charge in [-0.15, -0.1) is 0 Å². The fraction of sp³-hybridized carbons (Fsp3) is 0.909. The molecular formula is C11H20BrNO2. The van der Waals surface area contributed by atoms with Crippen LogP contribution in [0.4, 0.5) is 0 Å². The largest absolute Gasteiger partial charge is 0.391 e. The Morgan fingerprint density at radius 3 is 2.67 bits per heavy atom. The molecule has 3 nitrogen and oxygen atoms in total. The van der Waals surface area contributed by atoms with Gasteiger partial charge in [-0.3, -0.25) is 4.79 Å². The van der Waals surface area contributed by atoms with Crippen molar-refractivity contribution in [2.75, 3.05) is 7.05 Å². The first-order valence-electron chi connectivity index (χ1n) is 5.66. The molecule has 15 heavy (non-hydrogen) atoms. The number of amides is 1. The summed E-state index contributed by atoms with van der Waals surface area (Å²) in [6, 6.07) is 0.0119. The predicted molar refractivity (Wildman–Crippen MR) is 64.0 cm³/mol. The zero-order valence-electron chi connectivity index (χ0n) is 9.45. The number of aliphatic hydroxyl groups is 1. The minimum atomic E-state index is -0.343. The smallest absolute Gasteiger partial charge is 0.236 e. The molecule has 1 aliphatic rings. The maximum Gasteiger partial charge on any atom is 0.236 e. The van der Waals surface area contributed by atoms with Crippen LogP contribution in [0.1, 0.15) is 39.0 Å². The summed E-state index contributed by atoms with van der Waals surface area (Å²) in [5.41, 5.74) is 0. The average molecular weight is 278 g/mol. The quantitative estimate of drug-likeness (QED) is 0.801. The third kappa shape index (κ3) is 3.18. The fourth-order valence-corrected chi connectivity index (χ4v) is 2.43. The van der Waals surface area contributed by atoms with Crippen LogP contribution in [0.25, 0.3) is 0 Å². The lowest BCUT2D eigenvalue weighted by atomic mass is 9.91. The van der Waals surface area contributed by atoms with Crippen LogP contribution in [0.2, 0.25) is 0 Å². The highest BCUT2D eigenvalue weighted by Crippen LogP contribution is 2.23. The number of halogens is 1. The van der Waals surface area contributed by atoms with Gasteiger partial charge in [0, 0.05) is 7.05 Å². The van der Waals surface area contributed by atoms with E-state index in [2.05, 4.69) is 15.9 Å². The molecule has 0 spiro atoms. The van der Waals surface area contributed by atoms with Crippen LogP contribution >= 0.6 is 15.9 Å². The van der Waals surface area contributed by atoms with E-state index in [1.54, 1.807) is 11.9 Å². The summed E-state index contributed by atoms with van der Waals surface area (Å²) in [4.78, 5) is 13.5. The molecule has 1 amide bonds. The monoisotopic (exact) mass is 277 g/mol. The minimum absolute atomic E-state index is 0.0119. The number of alkyl halides is 1. The third-order valence-electron chi connectivity index (χ3n) is 3.17. The molecule has 3 unspecified atom stereocenters. The molecule has 1 fully saturated rings. The molecule has 1 N–H and O–H groups in total. The number of carbonyl (C=O) groups excluding carboxylic acids is 1. The third-order valence-corrected chi connectivity index (χ3v) is 4.20. The molecule has 0 aromatic rings. The molecule has 0 bridgehead atoms. The van der Waals surface area contributed by atoms with Gasteiger partial charge in [0.1, 0.15) is 0 Å². The van der Waals surface area contributed by atoms with Crippen molar-refractivity contribution >= 4 is 21.8 Å². The Kier molecular flexibility index (Phi) is 5.06. The molecule has 0 saturated heterocycles. The summed E-state index contributed by atoms with van der Waals surface area (Å²) in [7, 11) is 1.80. The second kappa shape index (κ2) is 5.85. The molecule has 0 aromatic heterocycles. The summed E-state index contributed by atoms with van der Waals surface area (Å²) < 4.78 is 0. The van der Waals surface area contributed by atoms with Crippen molar-refractivity contribution in [2.24, 2.45) is 0 Å². The molecule has 3 atom stereocenters. The van der Waals surface area contributed by atoms with Gasteiger partial charge in [0.25, 0.3) is 0 Å². The first-order valence-corrected chi connectivity index (χ1v) is 6.58. The molecular weight excluding hydrogens is 258 g/mol. The zero-order valence-corrected chi connectivity index (χ0v) is 11.0. The lowest BCUT2D eigenvalue weighted by molar-refractivity contribution is -0.134. The van der Waals surface area contributed by atoms with Gasteiger partial charge in [0.05, 0.1) is 17.0 Å². The van der Waals surface area contributed by atoms with Gasteiger partial charge in [-0.25, -0.2) is 0 Å². The Morgan fingerprint density at radius 1 is 1.53 bits per heavy atom. The topological polar surface area (TPSA) is 40.5 Å². The Hall–Kier alpha value is -0.0900. The highest BCUT2D eigenvalue weighted by molar-refractivity contribution is 9.10. The molecule has 88 valence electrons. The molecule has 0 aromatic carbocycles. The van der Waals surface area contributed by atoms with E-state index in [0.717, 1.165) is 32.1 Å². The second-order valence-electron chi connectivity index (χ2n) is 4.24. The van der Waals surface area contributed by atoms with Crippen LogP contribution < -0.4 is 0 Å². The van der Waals surface area contributed by atoms with Crippen LogP contribution in [0.5, 0.6) is 0 Å². The van der Waals surface area contributed by atoms with E-state index in [0.29, 0.717) is 0 Å². The van der Waals surface area contributed by atoms with Gasteiger partial charge in [-0.05, 0) is 19.3 Å². The lowest BCUT2D eigenvalue weighted by Crippen LogP contribution is -2.48. The maximum atomic E-state index is 11.9. The number of rotatable bonds is 3. The van der Waals surface area contributed by atoms with E-state index >= 15 is 0 Å². The molecule has 0 radical (unpaired) electrons. The number of hydrogen-bond donors (Lipinski definition) is 1. The Morgan fingerprint density at radius 2 is 2.13 bits per heavy atom. The van der Waals surface area contributed by atoms with Crippen LogP contribution in [-0.2, 0) is 4.79 Å². The van der Waals surface area contributed by atoms with E-state index in [1.165, 1.54) is 0 Å².